The lowest BCUT2D eigenvalue weighted by molar-refractivity contribution is -0.133. The first kappa shape index (κ1) is 15.4. The number of hydrogen-bond acceptors (Lipinski definition) is 6. The minimum absolute atomic E-state index is 0.0959. The number of aromatic hydroxyl groups is 1. The van der Waals surface area contributed by atoms with E-state index in [1.807, 2.05) is 7.05 Å². The Morgan fingerprint density at radius 1 is 1.26 bits per heavy atom. The van der Waals surface area contributed by atoms with E-state index in [-0.39, 0.29) is 11.4 Å². The molecule has 1 aliphatic heterocycles. The molecule has 7 nitrogen and oxygen atoms in total. The molecule has 0 unspecified atom stereocenters. The normalized spacial score (nSPS) is 14.1. The van der Waals surface area contributed by atoms with Crippen LogP contribution in [0.15, 0.2) is 24.3 Å². The summed E-state index contributed by atoms with van der Waals surface area (Å²) in [6.45, 7) is 1.73. The summed E-state index contributed by atoms with van der Waals surface area (Å²) in [6.07, 6.45) is 0.836. The van der Waals surface area contributed by atoms with Crippen molar-refractivity contribution in [3.05, 3.63) is 34.8 Å². The number of thiazole rings is 1. The lowest BCUT2D eigenvalue weighted by atomic mass is 10.2. The van der Waals surface area contributed by atoms with Gasteiger partial charge in [-0.25, -0.2) is 4.98 Å². The SMILES string of the molecule is CN1CCc2nc(NC(=O)C(=O)Nc3ccccc3O)sc2C1. The van der Waals surface area contributed by atoms with E-state index in [2.05, 4.69) is 20.5 Å². The topological polar surface area (TPSA) is 94.6 Å². The van der Waals surface area contributed by atoms with Crippen LogP contribution in [0.4, 0.5) is 10.8 Å². The van der Waals surface area contributed by atoms with Crippen molar-refractivity contribution < 1.29 is 14.7 Å². The van der Waals surface area contributed by atoms with Crippen LogP contribution in [-0.2, 0) is 22.6 Å². The molecule has 1 aromatic carbocycles. The summed E-state index contributed by atoms with van der Waals surface area (Å²) < 4.78 is 0. The number of hydrogen-bond donors (Lipinski definition) is 3. The van der Waals surface area contributed by atoms with Crippen molar-refractivity contribution in [1.29, 1.82) is 0 Å². The maximum atomic E-state index is 12.0. The Morgan fingerprint density at radius 3 is 2.78 bits per heavy atom. The average molecular weight is 332 g/mol. The Kier molecular flexibility index (Phi) is 4.26. The van der Waals surface area contributed by atoms with Crippen molar-refractivity contribution in [3.63, 3.8) is 0 Å². The van der Waals surface area contributed by atoms with Crippen LogP contribution < -0.4 is 10.6 Å². The molecule has 0 atom stereocenters. The number of fused-ring (bicyclic) bond motifs is 1. The second-order valence-corrected chi connectivity index (χ2v) is 6.39. The average Bonchev–Trinajstić information content (AvgIpc) is 2.90. The summed E-state index contributed by atoms with van der Waals surface area (Å²) in [5.74, 6) is -1.76. The molecule has 0 aliphatic carbocycles. The highest BCUT2D eigenvalue weighted by molar-refractivity contribution is 7.16. The molecular formula is C15H16N4O3S. The largest absolute Gasteiger partial charge is 0.506 e. The van der Waals surface area contributed by atoms with Crippen LogP contribution in [-0.4, -0.2) is 40.4 Å². The number of phenols is 1. The summed E-state index contributed by atoms with van der Waals surface area (Å²) >= 11 is 1.38. The van der Waals surface area contributed by atoms with Gasteiger partial charge in [0.15, 0.2) is 5.13 Å². The summed E-state index contributed by atoms with van der Waals surface area (Å²) in [5.41, 5.74) is 1.16. The third kappa shape index (κ3) is 3.49. The molecule has 0 spiro atoms. The first-order valence-electron chi connectivity index (χ1n) is 7.10. The molecular weight excluding hydrogens is 316 g/mol. The number of rotatable bonds is 2. The van der Waals surface area contributed by atoms with E-state index in [0.29, 0.717) is 5.13 Å². The molecule has 1 aliphatic rings. The summed E-state index contributed by atoms with van der Waals surface area (Å²) in [5, 5.41) is 14.9. The van der Waals surface area contributed by atoms with Gasteiger partial charge in [0.1, 0.15) is 5.75 Å². The Balaban J connectivity index is 1.65. The van der Waals surface area contributed by atoms with E-state index in [1.54, 1.807) is 12.1 Å². The van der Waals surface area contributed by atoms with E-state index in [4.69, 9.17) is 0 Å². The molecule has 0 bridgehead atoms. The smallest absolute Gasteiger partial charge is 0.315 e. The van der Waals surface area contributed by atoms with Crippen LogP contribution in [0.1, 0.15) is 10.6 Å². The number of likely N-dealkylation sites (N-methyl/N-ethyl adjacent to an activating group) is 1. The van der Waals surface area contributed by atoms with Gasteiger partial charge in [0.25, 0.3) is 0 Å². The minimum atomic E-state index is -0.850. The predicted octanol–water partition coefficient (Wildman–Crippen LogP) is 1.41. The first-order chi connectivity index (χ1) is 11.0. The fourth-order valence-corrected chi connectivity index (χ4v) is 3.37. The zero-order valence-electron chi connectivity index (χ0n) is 12.5. The number of aromatic nitrogens is 1. The Bertz CT molecular complexity index is 759. The van der Waals surface area contributed by atoms with Crippen LogP contribution in [0, 0.1) is 0 Å². The van der Waals surface area contributed by atoms with Crippen LogP contribution in [0.5, 0.6) is 5.75 Å². The van der Waals surface area contributed by atoms with Crippen molar-refractivity contribution in [1.82, 2.24) is 9.88 Å². The fraction of sp³-hybridized carbons (Fsp3) is 0.267. The zero-order valence-corrected chi connectivity index (χ0v) is 13.3. The third-order valence-corrected chi connectivity index (χ3v) is 4.50. The number of para-hydroxylation sites is 2. The standard InChI is InChI=1S/C15H16N4O3S/c1-19-7-6-10-12(8-19)23-15(17-10)18-14(22)13(21)16-9-4-2-3-5-11(9)20/h2-5,20H,6-8H2,1H3,(H,16,21)(H,17,18,22). The highest BCUT2D eigenvalue weighted by Crippen LogP contribution is 2.27. The number of phenolic OH excluding ortho intramolecular Hbond substituents is 1. The maximum Gasteiger partial charge on any atom is 0.315 e. The molecule has 0 saturated heterocycles. The van der Waals surface area contributed by atoms with Gasteiger partial charge in [-0.3, -0.25) is 14.9 Å². The van der Waals surface area contributed by atoms with E-state index in [1.165, 1.54) is 23.5 Å². The lowest BCUT2D eigenvalue weighted by Gasteiger charge is -2.20. The van der Waals surface area contributed by atoms with Crippen LogP contribution >= 0.6 is 11.3 Å². The number of carbonyl (C=O) groups excluding carboxylic acids is 2. The number of anilines is 2. The summed E-state index contributed by atoms with van der Waals surface area (Å²) in [7, 11) is 2.03. The van der Waals surface area contributed by atoms with Crippen molar-refractivity contribution in [3.8, 4) is 5.75 Å². The van der Waals surface area contributed by atoms with Gasteiger partial charge in [-0.2, -0.15) is 0 Å². The van der Waals surface area contributed by atoms with E-state index in [9.17, 15) is 14.7 Å². The van der Waals surface area contributed by atoms with Gasteiger partial charge in [-0.05, 0) is 19.2 Å². The highest BCUT2D eigenvalue weighted by Gasteiger charge is 2.21. The van der Waals surface area contributed by atoms with Crippen LogP contribution in [0.25, 0.3) is 0 Å². The molecule has 1 aromatic heterocycles. The highest BCUT2D eigenvalue weighted by atomic mass is 32.1. The molecule has 120 valence electrons. The van der Waals surface area contributed by atoms with Gasteiger partial charge in [-0.1, -0.05) is 12.1 Å². The van der Waals surface area contributed by atoms with Crippen LogP contribution in [0.3, 0.4) is 0 Å². The number of nitrogens with one attached hydrogen (secondary N) is 2. The van der Waals surface area contributed by atoms with Gasteiger partial charge < -0.3 is 15.3 Å². The minimum Gasteiger partial charge on any atom is -0.506 e. The van der Waals surface area contributed by atoms with E-state index in [0.717, 1.165) is 30.1 Å². The number of benzene rings is 1. The van der Waals surface area contributed by atoms with E-state index < -0.39 is 11.8 Å². The van der Waals surface area contributed by atoms with E-state index >= 15 is 0 Å². The lowest BCUT2D eigenvalue weighted by Crippen LogP contribution is -2.29. The quantitative estimate of drug-likeness (QED) is 0.571. The molecule has 3 N–H and O–H groups in total. The molecule has 3 rings (SSSR count). The van der Waals surface area contributed by atoms with Crippen LogP contribution in [0.2, 0.25) is 0 Å². The Morgan fingerprint density at radius 2 is 2.00 bits per heavy atom. The third-order valence-electron chi connectivity index (χ3n) is 3.50. The molecule has 2 aromatic rings. The number of nitrogens with zero attached hydrogens (tertiary/aromatic N) is 2. The van der Waals surface area contributed by atoms with Gasteiger partial charge >= 0.3 is 11.8 Å². The molecule has 2 amide bonds. The molecule has 8 heteroatoms. The molecule has 23 heavy (non-hydrogen) atoms. The predicted molar refractivity (Wildman–Crippen MR) is 87.5 cm³/mol. The van der Waals surface area contributed by atoms with Crippen molar-refractivity contribution >= 4 is 34.0 Å². The molecule has 0 fully saturated rings. The molecule has 0 saturated carbocycles. The second-order valence-electron chi connectivity index (χ2n) is 5.30. The second kappa shape index (κ2) is 6.35. The van der Waals surface area contributed by atoms with Gasteiger partial charge in [0.2, 0.25) is 0 Å². The van der Waals surface area contributed by atoms with Crippen molar-refractivity contribution in [2.75, 3.05) is 24.2 Å². The Labute approximate surface area is 137 Å². The molecule has 2 heterocycles. The van der Waals surface area contributed by atoms with Crippen molar-refractivity contribution in [2.45, 2.75) is 13.0 Å². The summed E-state index contributed by atoms with van der Waals surface area (Å²) in [4.78, 5) is 31.5. The molecule has 0 radical (unpaired) electrons. The van der Waals surface area contributed by atoms with Gasteiger partial charge in [0, 0.05) is 24.4 Å². The van der Waals surface area contributed by atoms with Crippen molar-refractivity contribution in [2.24, 2.45) is 0 Å². The first-order valence-corrected chi connectivity index (χ1v) is 7.92. The Hall–Kier alpha value is -2.45. The summed E-state index contributed by atoms with van der Waals surface area (Å²) in [6, 6.07) is 6.22. The van der Waals surface area contributed by atoms with Gasteiger partial charge in [0.05, 0.1) is 11.4 Å². The number of amides is 2. The zero-order chi connectivity index (χ0) is 16.4. The number of carbonyl (C=O) groups is 2. The monoisotopic (exact) mass is 332 g/mol. The maximum absolute atomic E-state index is 12.0. The fourth-order valence-electron chi connectivity index (χ4n) is 2.29. The van der Waals surface area contributed by atoms with Gasteiger partial charge in [-0.15, -0.1) is 11.3 Å².